The molecule has 0 aromatic rings. The van der Waals surface area contributed by atoms with E-state index in [0.29, 0.717) is 0 Å². The molecule has 0 aromatic carbocycles. The Morgan fingerprint density at radius 3 is 0.923 bits per heavy atom. The second-order valence-corrected chi connectivity index (χ2v) is 0.474. The van der Waals surface area contributed by atoms with E-state index in [1.165, 1.54) is 0 Å². The van der Waals surface area contributed by atoms with Crippen LogP contribution in [0.25, 0.3) is 0 Å². The van der Waals surface area contributed by atoms with Gasteiger partial charge in [-0.1, -0.05) is 0 Å². The topological polar surface area (TPSA) is 129 Å². The van der Waals surface area contributed by atoms with E-state index in [-0.39, 0.29) is 92.4 Å². The Balaban J connectivity index is -0.00000000800. The normalized spacial score (nSPS) is 3.69. The van der Waals surface area contributed by atoms with Crippen molar-refractivity contribution in [2.45, 2.75) is 0 Å². The maximum absolute atomic E-state index is 8.33. The van der Waals surface area contributed by atoms with E-state index in [9.17, 15) is 0 Å². The molecular formula is CBrLi4NO6. The van der Waals surface area contributed by atoms with Crippen LogP contribution in [0.5, 0.6) is 0 Å². The third kappa shape index (κ3) is 956. The zero-order valence-electron chi connectivity index (χ0n) is 7.77. The first-order chi connectivity index (χ1) is 3.46. The second kappa shape index (κ2) is 37.7. The molecule has 0 saturated heterocycles. The average Bonchev–Trinajstić information content (AvgIpc) is 1.25. The van der Waals surface area contributed by atoms with Gasteiger partial charge in [-0.3, -0.25) is 0 Å². The third-order valence-electron chi connectivity index (χ3n) is 0. The van der Waals surface area contributed by atoms with Gasteiger partial charge >= 0.3 is 75.4 Å². The Labute approximate surface area is 133 Å². The Bertz CT molecular complexity index is 82.6. The van der Waals surface area contributed by atoms with E-state index in [1.54, 1.807) is 0 Å². The molecule has 0 amide bonds. The van der Waals surface area contributed by atoms with Crippen molar-refractivity contribution in [1.29, 1.82) is 0 Å². The summed E-state index contributed by atoms with van der Waals surface area (Å²) in [5.74, 6) is 0. The standard InChI is InChI=1S/CH2O3.BrH.4Li.NO3/c2-1(3)4;;;;;;2-1(3)4/h(H2,2,3,4);1H;;;;;/q;;4*+1;-1/p-3. The first-order valence-electron chi connectivity index (χ1n) is 1.16. The van der Waals surface area contributed by atoms with Crippen LogP contribution in [0, 0.1) is 15.3 Å². The Morgan fingerprint density at radius 1 is 0.923 bits per heavy atom. The molecule has 0 heterocycles. The molecule has 0 radical (unpaired) electrons. The first-order valence-corrected chi connectivity index (χ1v) is 1.16. The van der Waals surface area contributed by atoms with E-state index in [1.807, 2.05) is 0 Å². The fourth-order valence-electron chi connectivity index (χ4n) is 0. The Hall–Kier alpha value is 1.34. The molecule has 0 unspecified atom stereocenters. The molecule has 13 heavy (non-hydrogen) atoms. The Kier molecular flexibility index (Phi) is 137. The molecule has 0 bridgehead atoms. The summed E-state index contributed by atoms with van der Waals surface area (Å²) in [6, 6.07) is 0. The van der Waals surface area contributed by atoms with Crippen molar-refractivity contribution in [3.05, 3.63) is 15.3 Å². The Morgan fingerprint density at radius 2 is 0.923 bits per heavy atom. The van der Waals surface area contributed by atoms with Gasteiger partial charge in [0.2, 0.25) is 0 Å². The maximum atomic E-state index is 8.33. The summed E-state index contributed by atoms with van der Waals surface area (Å²) in [4.78, 5) is 16.6. The van der Waals surface area contributed by atoms with E-state index in [4.69, 9.17) is 30.3 Å². The van der Waals surface area contributed by atoms with E-state index < -0.39 is 11.2 Å². The van der Waals surface area contributed by atoms with Gasteiger partial charge < -0.3 is 47.3 Å². The molecule has 0 N–H and O–H groups in total. The summed E-state index contributed by atoms with van der Waals surface area (Å²) in [5, 5.41) is 31.4. The zero-order chi connectivity index (χ0) is 7.15. The number of hydrogen-bond donors (Lipinski definition) is 0. The summed E-state index contributed by atoms with van der Waals surface area (Å²) in [7, 11) is 0. The van der Waals surface area contributed by atoms with E-state index in [0.717, 1.165) is 0 Å². The zero-order valence-corrected chi connectivity index (χ0v) is 9.36. The first kappa shape index (κ1) is 47.4. The van der Waals surface area contributed by atoms with Gasteiger partial charge in [0.25, 0.3) is 0 Å². The number of hydrogen-bond acceptors (Lipinski definition) is 6. The molecule has 0 aromatic heterocycles. The summed E-state index contributed by atoms with van der Waals surface area (Å²) >= 11 is 0. The number of halogens is 1. The van der Waals surface area contributed by atoms with Gasteiger partial charge in [0.15, 0.2) is 0 Å². The van der Waals surface area contributed by atoms with Crippen LogP contribution >= 0.6 is 0 Å². The molecule has 7 nitrogen and oxygen atoms in total. The molecule has 0 aliphatic carbocycles. The van der Waals surface area contributed by atoms with Crippen LogP contribution in [0.15, 0.2) is 0 Å². The number of carboxylic acid groups (broad SMARTS) is 2. The molecule has 0 spiro atoms. The fourth-order valence-corrected chi connectivity index (χ4v) is 0. The number of carbonyl (C=O) groups excluding carboxylic acids is 1. The van der Waals surface area contributed by atoms with E-state index in [2.05, 4.69) is 0 Å². The monoisotopic (exact) mass is 229 g/mol. The molecule has 56 valence electrons. The van der Waals surface area contributed by atoms with Gasteiger partial charge in [0.05, 0.1) is 5.09 Å². The van der Waals surface area contributed by atoms with Crippen molar-refractivity contribution in [2.75, 3.05) is 0 Å². The van der Waals surface area contributed by atoms with Crippen molar-refractivity contribution < 1.29 is 113 Å². The minimum Gasteiger partial charge on any atom is -1.00 e. The van der Waals surface area contributed by atoms with Crippen molar-refractivity contribution in [3.63, 3.8) is 0 Å². The number of nitrogens with zero attached hydrogens (tertiary/aromatic N) is 1. The van der Waals surface area contributed by atoms with Crippen LogP contribution in [-0.2, 0) is 0 Å². The van der Waals surface area contributed by atoms with Gasteiger partial charge in [-0.15, -0.1) is 0 Å². The quantitative estimate of drug-likeness (QED) is 0.230. The molecule has 0 aliphatic heterocycles. The van der Waals surface area contributed by atoms with Gasteiger partial charge in [-0.05, 0) is 6.16 Å². The van der Waals surface area contributed by atoms with Gasteiger partial charge in [-0.25, -0.2) is 0 Å². The maximum Gasteiger partial charge on any atom is 1.00 e. The summed E-state index contributed by atoms with van der Waals surface area (Å²) in [6.45, 7) is 0. The second-order valence-electron chi connectivity index (χ2n) is 0.474. The van der Waals surface area contributed by atoms with Crippen LogP contribution in [0.2, 0.25) is 0 Å². The predicted octanol–water partition coefficient (Wildman–Crippen LogP) is -17.7. The minimum absolute atomic E-state index is 0. The largest absolute Gasteiger partial charge is 1.00 e. The van der Waals surface area contributed by atoms with Gasteiger partial charge in [0.1, 0.15) is 0 Å². The molecule has 0 saturated carbocycles. The van der Waals surface area contributed by atoms with Crippen LogP contribution in [0.4, 0.5) is 4.79 Å². The summed E-state index contributed by atoms with van der Waals surface area (Å²) < 4.78 is 0. The van der Waals surface area contributed by atoms with Crippen LogP contribution in [0.3, 0.4) is 0 Å². The van der Waals surface area contributed by atoms with Crippen LogP contribution in [0.1, 0.15) is 0 Å². The predicted molar refractivity (Wildman–Crippen MR) is 15.8 cm³/mol. The molecule has 0 fully saturated rings. The molecular weight excluding hydrogens is 230 g/mol. The van der Waals surface area contributed by atoms with Gasteiger partial charge in [-0.2, -0.15) is 0 Å². The van der Waals surface area contributed by atoms with Crippen LogP contribution in [-0.4, -0.2) is 11.2 Å². The molecule has 0 atom stereocenters. The molecule has 0 aliphatic rings. The summed E-state index contributed by atoms with van der Waals surface area (Å²) in [5.41, 5.74) is 0. The number of carbonyl (C=O) groups is 1. The fraction of sp³-hybridized carbons (Fsp3) is 0. The number of rotatable bonds is 0. The molecule has 12 heteroatoms. The molecule has 0 rings (SSSR count). The smallest absolute Gasteiger partial charge is 1.00 e. The van der Waals surface area contributed by atoms with Crippen LogP contribution < -0.4 is 103 Å². The van der Waals surface area contributed by atoms with Crippen molar-refractivity contribution in [3.8, 4) is 0 Å². The minimum atomic E-state index is -2.33. The van der Waals surface area contributed by atoms with Crippen molar-refractivity contribution in [1.82, 2.24) is 0 Å². The average molecular weight is 230 g/mol. The van der Waals surface area contributed by atoms with Crippen molar-refractivity contribution >= 4 is 6.16 Å². The summed E-state index contributed by atoms with van der Waals surface area (Å²) in [6.07, 6.45) is -2.33. The van der Waals surface area contributed by atoms with Gasteiger partial charge in [0, 0.05) is 0 Å². The SMILES string of the molecule is O=C([O-])[O-].O=[N+]([O-])[O-].[Br-].[Li+].[Li+].[Li+].[Li+]. The van der Waals surface area contributed by atoms with Crippen molar-refractivity contribution in [2.24, 2.45) is 0 Å². The third-order valence-corrected chi connectivity index (χ3v) is 0. The van der Waals surface area contributed by atoms with E-state index >= 15 is 0 Å².